The van der Waals surface area contributed by atoms with E-state index in [-0.39, 0.29) is 0 Å². The van der Waals surface area contributed by atoms with Gasteiger partial charge in [-0.25, -0.2) is 0 Å². The molecule has 0 nitrogen and oxygen atoms in total. The smallest absolute Gasteiger partial charge is 0.00159 e. The first-order valence-electron chi connectivity index (χ1n) is 9.29. The molecule has 0 saturated heterocycles. The number of fused-ring (bicyclic) bond motifs is 1. The van der Waals surface area contributed by atoms with Crippen molar-refractivity contribution in [1.82, 2.24) is 0 Å². The van der Waals surface area contributed by atoms with Crippen molar-refractivity contribution in [3.05, 3.63) is 82.9 Å². The van der Waals surface area contributed by atoms with Crippen molar-refractivity contribution in [1.29, 1.82) is 0 Å². The van der Waals surface area contributed by atoms with Gasteiger partial charge in [0.05, 0.1) is 0 Å². The molecule has 1 fully saturated rings. The van der Waals surface area contributed by atoms with Crippen LogP contribution in [-0.2, 0) is 0 Å². The molecule has 4 aliphatic rings. The molecule has 24 heavy (non-hydrogen) atoms. The van der Waals surface area contributed by atoms with Gasteiger partial charge < -0.3 is 0 Å². The van der Waals surface area contributed by atoms with Gasteiger partial charge in [-0.1, -0.05) is 71.8 Å². The summed E-state index contributed by atoms with van der Waals surface area (Å²) >= 11 is 0. The van der Waals surface area contributed by atoms with Gasteiger partial charge in [-0.2, -0.15) is 0 Å². The van der Waals surface area contributed by atoms with Crippen molar-refractivity contribution in [2.45, 2.75) is 26.7 Å². The first-order chi connectivity index (χ1) is 11.8. The molecule has 0 radical (unpaired) electrons. The average Bonchev–Trinajstić information content (AvgIpc) is 2.63. The van der Waals surface area contributed by atoms with E-state index in [1.165, 1.54) is 24.0 Å². The molecule has 4 aliphatic carbocycles. The lowest BCUT2D eigenvalue weighted by molar-refractivity contribution is 0.167. The minimum absolute atomic E-state index is 0.710. The molecule has 4 atom stereocenters. The van der Waals surface area contributed by atoms with E-state index in [4.69, 9.17) is 0 Å². The zero-order chi connectivity index (χ0) is 16.3. The van der Waals surface area contributed by atoms with E-state index >= 15 is 0 Å². The van der Waals surface area contributed by atoms with Crippen LogP contribution in [0.4, 0.5) is 0 Å². The lowest BCUT2D eigenvalue weighted by Crippen LogP contribution is -2.47. The predicted octanol–water partition coefficient (Wildman–Crippen LogP) is 6.22. The number of hydrogen-bond acceptors (Lipinski definition) is 0. The molecular weight excluding hydrogens is 288 g/mol. The first-order valence-corrected chi connectivity index (χ1v) is 9.29. The monoisotopic (exact) mass is 312 g/mol. The van der Waals surface area contributed by atoms with Gasteiger partial charge in [0.25, 0.3) is 0 Å². The van der Waals surface area contributed by atoms with E-state index in [0.29, 0.717) is 5.92 Å². The normalized spacial score (nSPS) is 31.1. The van der Waals surface area contributed by atoms with Gasteiger partial charge in [-0.15, -0.1) is 0 Å². The summed E-state index contributed by atoms with van der Waals surface area (Å²) < 4.78 is 0. The molecular formula is C24H24. The fourth-order valence-corrected chi connectivity index (χ4v) is 5.92. The Hall–Kier alpha value is -2.08. The van der Waals surface area contributed by atoms with Gasteiger partial charge in [0.15, 0.2) is 0 Å². The van der Waals surface area contributed by atoms with Crippen molar-refractivity contribution in [2.24, 2.45) is 23.7 Å². The molecule has 0 aromatic heterocycles. The van der Waals surface area contributed by atoms with E-state index in [2.05, 4.69) is 74.5 Å². The van der Waals surface area contributed by atoms with E-state index in [1.54, 1.807) is 22.3 Å². The highest BCUT2D eigenvalue weighted by Crippen LogP contribution is 2.66. The quantitative estimate of drug-likeness (QED) is 0.617. The third kappa shape index (κ3) is 1.80. The van der Waals surface area contributed by atoms with Crippen molar-refractivity contribution >= 4 is 11.1 Å². The maximum Gasteiger partial charge on any atom is -0.00159 e. The van der Waals surface area contributed by atoms with Crippen LogP contribution in [0.25, 0.3) is 11.1 Å². The molecule has 0 spiro atoms. The SMILES string of the molecule is CC1=C(c2ccccc2)C2CCC1C1C(C)=C(c3ccccc3)C21. The van der Waals surface area contributed by atoms with E-state index < -0.39 is 0 Å². The van der Waals surface area contributed by atoms with Crippen LogP contribution in [0.15, 0.2) is 71.8 Å². The molecule has 2 aromatic rings. The van der Waals surface area contributed by atoms with Gasteiger partial charge in [-0.3, -0.25) is 0 Å². The molecule has 0 aliphatic heterocycles. The lowest BCUT2D eigenvalue weighted by Gasteiger charge is -2.58. The molecule has 0 heterocycles. The van der Waals surface area contributed by atoms with Gasteiger partial charge >= 0.3 is 0 Å². The molecule has 120 valence electrons. The van der Waals surface area contributed by atoms with Crippen molar-refractivity contribution < 1.29 is 0 Å². The Kier molecular flexibility index (Phi) is 3.10. The first kappa shape index (κ1) is 14.3. The molecule has 0 amide bonds. The second kappa shape index (κ2) is 5.21. The van der Waals surface area contributed by atoms with Crippen LogP contribution >= 0.6 is 0 Å². The highest BCUT2D eigenvalue weighted by molar-refractivity contribution is 5.84. The van der Waals surface area contributed by atoms with Gasteiger partial charge in [0, 0.05) is 0 Å². The highest BCUT2D eigenvalue weighted by Gasteiger charge is 2.54. The zero-order valence-electron chi connectivity index (χ0n) is 14.5. The van der Waals surface area contributed by atoms with Crippen LogP contribution in [0.3, 0.4) is 0 Å². The molecule has 1 saturated carbocycles. The Morgan fingerprint density at radius 3 is 1.75 bits per heavy atom. The van der Waals surface area contributed by atoms with Crippen LogP contribution in [0.1, 0.15) is 37.8 Å². The molecule has 0 heteroatoms. The Morgan fingerprint density at radius 2 is 1.12 bits per heavy atom. The van der Waals surface area contributed by atoms with Crippen LogP contribution in [-0.4, -0.2) is 0 Å². The largest absolute Gasteiger partial charge is 0.0655 e. The summed E-state index contributed by atoms with van der Waals surface area (Å²) in [5.74, 6) is 3.01. The molecule has 6 rings (SSSR count). The summed E-state index contributed by atoms with van der Waals surface area (Å²) in [5.41, 5.74) is 9.55. The number of hydrogen-bond donors (Lipinski definition) is 0. The fourth-order valence-electron chi connectivity index (χ4n) is 5.92. The minimum atomic E-state index is 0.710. The van der Waals surface area contributed by atoms with Crippen molar-refractivity contribution in [2.75, 3.05) is 0 Å². The third-order valence-electron chi connectivity index (χ3n) is 6.82. The maximum absolute atomic E-state index is 2.41. The molecule has 2 aromatic carbocycles. The summed E-state index contributed by atoms with van der Waals surface area (Å²) in [5, 5.41) is 0. The summed E-state index contributed by atoms with van der Waals surface area (Å²) in [7, 11) is 0. The molecule has 2 bridgehead atoms. The predicted molar refractivity (Wildman–Crippen MR) is 101 cm³/mol. The van der Waals surface area contributed by atoms with Crippen molar-refractivity contribution in [3.63, 3.8) is 0 Å². The van der Waals surface area contributed by atoms with Gasteiger partial charge in [0.1, 0.15) is 0 Å². The second-order valence-corrected chi connectivity index (χ2v) is 7.77. The standard InChI is InChI=1S/C24H24/c1-15-19-13-14-20(21(15)17-9-5-3-6-10-17)24-22(16(2)23(19)24)18-11-7-4-8-12-18/h3-12,19-20,23-24H,13-14H2,1-2H3. The van der Waals surface area contributed by atoms with Gasteiger partial charge in [0.2, 0.25) is 0 Å². The van der Waals surface area contributed by atoms with E-state index in [0.717, 1.165) is 17.8 Å². The Bertz CT molecular complexity index is 838. The zero-order valence-corrected chi connectivity index (χ0v) is 14.5. The summed E-state index contributed by atoms with van der Waals surface area (Å²) in [6.45, 7) is 4.79. The second-order valence-electron chi connectivity index (χ2n) is 7.77. The van der Waals surface area contributed by atoms with Crippen LogP contribution in [0, 0.1) is 23.7 Å². The lowest BCUT2D eigenvalue weighted by atomic mass is 9.46. The summed E-state index contributed by atoms with van der Waals surface area (Å²) in [4.78, 5) is 0. The summed E-state index contributed by atoms with van der Waals surface area (Å²) in [6.07, 6.45) is 2.74. The Morgan fingerprint density at radius 1 is 0.583 bits per heavy atom. The third-order valence-corrected chi connectivity index (χ3v) is 6.82. The average molecular weight is 312 g/mol. The Balaban J connectivity index is 1.62. The van der Waals surface area contributed by atoms with E-state index in [9.17, 15) is 0 Å². The topological polar surface area (TPSA) is 0 Å². The number of rotatable bonds is 2. The van der Waals surface area contributed by atoms with Crippen molar-refractivity contribution in [3.8, 4) is 0 Å². The maximum atomic E-state index is 2.41. The minimum Gasteiger partial charge on any atom is -0.0655 e. The fraction of sp³-hybridized carbons (Fsp3) is 0.333. The Labute approximate surface area is 144 Å². The summed E-state index contributed by atoms with van der Waals surface area (Å²) in [6, 6.07) is 22.2. The van der Waals surface area contributed by atoms with Crippen LogP contribution in [0.2, 0.25) is 0 Å². The van der Waals surface area contributed by atoms with E-state index in [1.807, 2.05) is 0 Å². The van der Waals surface area contributed by atoms with Crippen LogP contribution in [0.5, 0.6) is 0 Å². The van der Waals surface area contributed by atoms with Crippen LogP contribution < -0.4 is 0 Å². The highest BCUT2D eigenvalue weighted by atomic mass is 14.6. The number of benzene rings is 2. The molecule has 0 N–H and O–H groups in total. The molecule has 4 unspecified atom stereocenters. The number of allylic oxidation sites excluding steroid dienone is 4. The van der Waals surface area contributed by atoms with Gasteiger partial charge in [-0.05, 0) is 72.6 Å².